The molecule has 8 heteroatoms. The topological polar surface area (TPSA) is 61.4 Å². The Morgan fingerprint density at radius 1 is 1.18 bits per heavy atom. The first-order chi connectivity index (χ1) is 13.2. The van der Waals surface area contributed by atoms with Gasteiger partial charge in [-0.2, -0.15) is 0 Å². The summed E-state index contributed by atoms with van der Waals surface area (Å²) in [6, 6.07) is 5.80. The number of methoxy groups -OCH3 is 1. The van der Waals surface area contributed by atoms with Crippen molar-refractivity contribution in [1.29, 1.82) is 0 Å². The van der Waals surface area contributed by atoms with Gasteiger partial charge in [0.1, 0.15) is 0 Å². The average Bonchev–Trinajstić information content (AvgIpc) is 2.89. The van der Waals surface area contributed by atoms with E-state index in [-0.39, 0.29) is 24.0 Å². The molecule has 1 heterocycles. The molecule has 7 nitrogen and oxygen atoms in total. The first kappa shape index (κ1) is 24.8. The van der Waals surface area contributed by atoms with E-state index in [2.05, 4.69) is 32.5 Å². The van der Waals surface area contributed by atoms with Crippen molar-refractivity contribution in [2.24, 2.45) is 4.99 Å². The smallest absolute Gasteiger partial charge is 0.195 e. The highest BCUT2D eigenvalue weighted by molar-refractivity contribution is 14.0. The summed E-state index contributed by atoms with van der Waals surface area (Å²) in [5.41, 5.74) is 0.916. The molecule has 0 spiro atoms. The molecule has 1 fully saturated rings. The Labute approximate surface area is 186 Å². The summed E-state index contributed by atoms with van der Waals surface area (Å²) >= 11 is 0. The third kappa shape index (κ3) is 8.40. The van der Waals surface area contributed by atoms with Gasteiger partial charge in [0.25, 0.3) is 0 Å². The van der Waals surface area contributed by atoms with Crippen LogP contribution in [0.2, 0.25) is 0 Å². The average molecular weight is 505 g/mol. The zero-order chi connectivity index (χ0) is 19.5. The summed E-state index contributed by atoms with van der Waals surface area (Å²) in [4.78, 5) is 9.28. The number of benzene rings is 1. The van der Waals surface area contributed by atoms with Crippen LogP contribution in [0.5, 0.6) is 11.5 Å². The van der Waals surface area contributed by atoms with Gasteiger partial charge in [0.15, 0.2) is 17.5 Å². The van der Waals surface area contributed by atoms with Crippen LogP contribution in [0.4, 0.5) is 5.69 Å². The van der Waals surface area contributed by atoms with Crippen LogP contribution in [-0.4, -0.2) is 82.8 Å². The molecule has 1 aromatic rings. The Balaban J connectivity index is 0.00000392. The number of guanidine groups is 1. The first-order valence-electron chi connectivity index (χ1n) is 9.85. The molecule has 0 bridgehead atoms. The van der Waals surface area contributed by atoms with Crippen LogP contribution < -0.4 is 20.1 Å². The molecule has 0 atom stereocenters. The Morgan fingerprint density at radius 3 is 2.71 bits per heavy atom. The van der Waals surface area contributed by atoms with E-state index < -0.39 is 0 Å². The van der Waals surface area contributed by atoms with E-state index in [0.29, 0.717) is 12.4 Å². The molecule has 0 radical (unpaired) electrons. The van der Waals surface area contributed by atoms with Gasteiger partial charge >= 0.3 is 0 Å². The second kappa shape index (κ2) is 13.8. The maximum atomic E-state index is 5.56. The molecular formula is C20H36IN5O2. The van der Waals surface area contributed by atoms with Gasteiger partial charge in [0, 0.05) is 38.4 Å². The van der Waals surface area contributed by atoms with Crippen molar-refractivity contribution in [2.75, 3.05) is 72.4 Å². The molecule has 28 heavy (non-hydrogen) atoms. The largest absolute Gasteiger partial charge is 0.493 e. The zero-order valence-electron chi connectivity index (χ0n) is 17.7. The summed E-state index contributed by atoms with van der Waals surface area (Å²) in [7, 11) is 5.64. The lowest BCUT2D eigenvalue weighted by Gasteiger charge is -2.20. The summed E-state index contributed by atoms with van der Waals surface area (Å²) in [6.07, 6.45) is 2.35. The van der Waals surface area contributed by atoms with Gasteiger partial charge in [-0.05, 0) is 58.6 Å². The van der Waals surface area contributed by atoms with Crippen molar-refractivity contribution in [3.05, 3.63) is 18.2 Å². The molecule has 0 aromatic heterocycles. The fourth-order valence-corrected chi connectivity index (χ4v) is 3.17. The van der Waals surface area contributed by atoms with Gasteiger partial charge in [-0.25, -0.2) is 0 Å². The molecule has 1 aliphatic rings. The monoisotopic (exact) mass is 505 g/mol. The van der Waals surface area contributed by atoms with Crippen molar-refractivity contribution in [2.45, 2.75) is 19.8 Å². The number of hydrogen-bond donors (Lipinski definition) is 2. The molecule has 1 saturated heterocycles. The van der Waals surface area contributed by atoms with Gasteiger partial charge in [-0.15, -0.1) is 24.0 Å². The number of rotatable bonds is 8. The molecule has 2 N–H and O–H groups in total. The van der Waals surface area contributed by atoms with Gasteiger partial charge in [-0.1, -0.05) is 0 Å². The van der Waals surface area contributed by atoms with E-state index in [9.17, 15) is 0 Å². The molecule has 0 aliphatic carbocycles. The lowest BCUT2D eigenvalue weighted by atomic mass is 10.2. The normalized spacial score (nSPS) is 16.1. The predicted molar refractivity (Wildman–Crippen MR) is 128 cm³/mol. The van der Waals surface area contributed by atoms with E-state index in [1.165, 1.54) is 19.5 Å². The Kier molecular flexibility index (Phi) is 12.2. The van der Waals surface area contributed by atoms with Gasteiger partial charge in [-0.3, -0.25) is 4.99 Å². The van der Waals surface area contributed by atoms with Crippen LogP contribution in [0.3, 0.4) is 0 Å². The third-order valence-electron chi connectivity index (χ3n) is 4.71. The second-order valence-electron chi connectivity index (χ2n) is 6.77. The molecular weight excluding hydrogens is 469 g/mol. The van der Waals surface area contributed by atoms with Crippen LogP contribution in [0.15, 0.2) is 23.2 Å². The summed E-state index contributed by atoms with van der Waals surface area (Å²) in [5, 5.41) is 6.70. The minimum absolute atomic E-state index is 0. The minimum Gasteiger partial charge on any atom is -0.493 e. The third-order valence-corrected chi connectivity index (χ3v) is 4.71. The first-order valence-corrected chi connectivity index (χ1v) is 9.85. The SMILES string of the molecule is CCOc1ccc(NC(=NC)NCCCN2CCCN(C)CC2)cc1OC.I. The van der Waals surface area contributed by atoms with Crippen LogP contribution >= 0.6 is 24.0 Å². The van der Waals surface area contributed by atoms with Crippen LogP contribution in [0.25, 0.3) is 0 Å². The van der Waals surface area contributed by atoms with E-state index in [1.54, 1.807) is 14.2 Å². The van der Waals surface area contributed by atoms with Crippen molar-refractivity contribution < 1.29 is 9.47 Å². The van der Waals surface area contributed by atoms with Crippen LogP contribution in [0.1, 0.15) is 19.8 Å². The zero-order valence-corrected chi connectivity index (χ0v) is 20.0. The number of ether oxygens (including phenoxy) is 2. The number of aliphatic imine (C=N–C) groups is 1. The van der Waals surface area contributed by atoms with Gasteiger partial charge in [0.2, 0.25) is 0 Å². The standard InChI is InChI=1S/C20H35N5O2.HI/c1-5-27-18-9-8-17(16-19(18)26-4)23-20(21-2)22-10-6-12-25-13-7-11-24(3)14-15-25;/h8-9,16H,5-7,10-15H2,1-4H3,(H2,21,22,23);1H. The lowest BCUT2D eigenvalue weighted by molar-refractivity contribution is 0.274. The molecule has 1 aromatic carbocycles. The molecule has 0 amide bonds. The van der Waals surface area contributed by atoms with Crippen molar-refractivity contribution in [1.82, 2.24) is 15.1 Å². The summed E-state index contributed by atoms with van der Waals surface area (Å²) in [6.45, 7) is 9.31. The quantitative estimate of drug-likeness (QED) is 0.245. The highest BCUT2D eigenvalue weighted by atomic mass is 127. The number of nitrogens with one attached hydrogen (secondary N) is 2. The fourth-order valence-electron chi connectivity index (χ4n) is 3.17. The maximum absolute atomic E-state index is 5.56. The fraction of sp³-hybridized carbons (Fsp3) is 0.650. The van der Waals surface area contributed by atoms with Crippen LogP contribution in [0, 0.1) is 0 Å². The highest BCUT2D eigenvalue weighted by Gasteiger charge is 2.11. The highest BCUT2D eigenvalue weighted by Crippen LogP contribution is 2.30. The molecule has 160 valence electrons. The molecule has 0 saturated carbocycles. The molecule has 2 rings (SSSR count). The van der Waals surface area contributed by atoms with Crippen molar-refractivity contribution in [3.8, 4) is 11.5 Å². The Hall–Kier alpha value is -1.26. The number of halogens is 1. The van der Waals surface area contributed by atoms with Crippen molar-refractivity contribution in [3.63, 3.8) is 0 Å². The van der Waals surface area contributed by atoms with E-state index in [1.807, 2.05) is 25.1 Å². The Morgan fingerprint density at radius 2 is 2.00 bits per heavy atom. The van der Waals surface area contributed by atoms with E-state index in [4.69, 9.17) is 9.47 Å². The molecule has 0 unspecified atom stereocenters. The second-order valence-corrected chi connectivity index (χ2v) is 6.77. The Bertz CT molecular complexity index is 600. The van der Waals surface area contributed by atoms with Gasteiger partial charge < -0.3 is 29.9 Å². The van der Waals surface area contributed by atoms with Gasteiger partial charge in [0.05, 0.1) is 13.7 Å². The summed E-state index contributed by atoms with van der Waals surface area (Å²) < 4.78 is 11.0. The molecule has 1 aliphatic heterocycles. The number of likely N-dealkylation sites (N-methyl/N-ethyl adjacent to an activating group) is 1. The van der Waals surface area contributed by atoms with Crippen molar-refractivity contribution >= 4 is 35.6 Å². The predicted octanol–water partition coefficient (Wildman–Crippen LogP) is 2.73. The minimum atomic E-state index is 0. The maximum Gasteiger partial charge on any atom is 0.195 e. The number of anilines is 1. The summed E-state index contributed by atoms with van der Waals surface area (Å²) in [5.74, 6) is 2.22. The van der Waals surface area contributed by atoms with E-state index in [0.717, 1.165) is 50.0 Å². The number of nitrogens with zero attached hydrogens (tertiary/aromatic N) is 3. The van der Waals surface area contributed by atoms with E-state index >= 15 is 0 Å². The van der Waals surface area contributed by atoms with Crippen LogP contribution in [-0.2, 0) is 0 Å². The lowest BCUT2D eigenvalue weighted by Crippen LogP contribution is -2.35. The number of hydrogen-bond acceptors (Lipinski definition) is 5.